The lowest BCUT2D eigenvalue weighted by atomic mass is 10.1. The molecule has 0 atom stereocenters. The summed E-state index contributed by atoms with van der Waals surface area (Å²) < 4.78 is 19.5. The predicted molar refractivity (Wildman–Crippen MR) is 116 cm³/mol. The third kappa shape index (κ3) is 6.39. The largest absolute Gasteiger partial charge is 0.447 e. The van der Waals surface area contributed by atoms with Crippen molar-refractivity contribution >= 4 is 23.5 Å². The number of piperazine rings is 1. The highest BCUT2D eigenvalue weighted by atomic mass is 19.1. The highest BCUT2D eigenvalue weighted by Crippen LogP contribution is 2.19. The van der Waals surface area contributed by atoms with Crippen LogP contribution in [0.5, 0.6) is 0 Å². The molecule has 0 saturated carbocycles. The summed E-state index contributed by atoms with van der Waals surface area (Å²) in [6.45, 7) is 6.63. The Labute approximate surface area is 185 Å². The van der Waals surface area contributed by atoms with E-state index in [1.54, 1.807) is 17.0 Å². The van der Waals surface area contributed by atoms with Crippen LogP contribution in [0.1, 0.15) is 25.1 Å². The minimum absolute atomic E-state index is 0.0563. The number of anilines is 2. The van der Waals surface area contributed by atoms with Crippen molar-refractivity contribution in [3.8, 4) is 6.07 Å². The SMILES string of the molecule is CC(C)OC(=O)N1CCN(Cc2ccc(F)c(NC(=O)Nc3ccc(C#N)nc3)c2)CC1. The Bertz CT molecular complexity index is 998. The van der Waals surface area contributed by atoms with Gasteiger partial charge in [0.05, 0.1) is 23.7 Å². The van der Waals surface area contributed by atoms with Gasteiger partial charge in [0, 0.05) is 32.7 Å². The minimum Gasteiger partial charge on any atom is -0.447 e. The second-order valence-electron chi connectivity index (χ2n) is 7.63. The number of benzene rings is 1. The number of nitrogens with zero attached hydrogens (tertiary/aromatic N) is 4. The number of urea groups is 1. The van der Waals surface area contributed by atoms with Crippen molar-refractivity contribution in [1.29, 1.82) is 5.26 Å². The maximum atomic E-state index is 14.2. The number of nitrogens with one attached hydrogen (secondary N) is 2. The van der Waals surface area contributed by atoms with Gasteiger partial charge in [-0.2, -0.15) is 5.26 Å². The van der Waals surface area contributed by atoms with Gasteiger partial charge in [-0.3, -0.25) is 4.90 Å². The third-order valence-corrected chi connectivity index (χ3v) is 4.79. The smallest absolute Gasteiger partial charge is 0.410 e. The third-order valence-electron chi connectivity index (χ3n) is 4.79. The van der Waals surface area contributed by atoms with Gasteiger partial charge >= 0.3 is 12.1 Å². The highest BCUT2D eigenvalue weighted by molar-refractivity contribution is 5.99. The topological polar surface area (TPSA) is 111 Å². The summed E-state index contributed by atoms with van der Waals surface area (Å²) >= 11 is 0. The van der Waals surface area contributed by atoms with Gasteiger partial charge in [0.1, 0.15) is 17.6 Å². The van der Waals surface area contributed by atoms with Crippen LogP contribution in [-0.4, -0.2) is 59.2 Å². The highest BCUT2D eigenvalue weighted by Gasteiger charge is 2.23. The van der Waals surface area contributed by atoms with Crippen LogP contribution in [0.4, 0.5) is 25.4 Å². The summed E-state index contributed by atoms with van der Waals surface area (Å²) in [6.07, 6.45) is 0.883. The molecule has 1 aromatic carbocycles. The molecule has 2 aromatic rings. The molecule has 9 nitrogen and oxygen atoms in total. The van der Waals surface area contributed by atoms with Crippen LogP contribution in [0.15, 0.2) is 36.5 Å². The van der Waals surface area contributed by atoms with E-state index in [1.165, 1.54) is 24.4 Å². The molecule has 0 spiro atoms. The molecule has 0 unspecified atom stereocenters. The number of rotatable bonds is 5. The van der Waals surface area contributed by atoms with Gasteiger partial charge in [-0.25, -0.2) is 19.0 Å². The molecule has 1 aliphatic heterocycles. The van der Waals surface area contributed by atoms with E-state index in [9.17, 15) is 14.0 Å². The molecule has 2 N–H and O–H groups in total. The molecule has 1 aliphatic rings. The van der Waals surface area contributed by atoms with Crippen LogP contribution in [-0.2, 0) is 11.3 Å². The van der Waals surface area contributed by atoms with Crippen LogP contribution in [0, 0.1) is 17.1 Å². The Hall–Kier alpha value is -3.71. The molecule has 2 heterocycles. The zero-order valence-corrected chi connectivity index (χ0v) is 18.0. The number of hydrogen-bond donors (Lipinski definition) is 2. The van der Waals surface area contributed by atoms with E-state index < -0.39 is 11.8 Å². The molecule has 1 saturated heterocycles. The molecule has 0 radical (unpaired) electrons. The van der Waals surface area contributed by atoms with Gasteiger partial charge in [-0.05, 0) is 43.7 Å². The van der Waals surface area contributed by atoms with Gasteiger partial charge in [-0.1, -0.05) is 6.07 Å². The number of halogens is 1. The van der Waals surface area contributed by atoms with E-state index in [0.717, 1.165) is 5.56 Å². The van der Waals surface area contributed by atoms with Crippen LogP contribution < -0.4 is 10.6 Å². The number of hydrogen-bond acceptors (Lipinski definition) is 6. The van der Waals surface area contributed by atoms with Gasteiger partial charge in [0.2, 0.25) is 0 Å². The van der Waals surface area contributed by atoms with Gasteiger partial charge in [0.25, 0.3) is 0 Å². The van der Waals surface area contributed by atoms with E-state index in [4.69, 9.17) is 10.00 Å². The van der Waals surface area contributed by atoms with Gasteiger partial charge in [0.15, 0.2) is 0 Å². The summed E-state index contributed by atoms with van der Waals surface area (Å²) in [4.78, 5) is 31.9. The number of aromatic nitrogens is 1. The average Bonchev–Trinajstić information content (AvgIpc) is 2.76. The van der Waals surface area contributed by atoms with Crippen LogP contribution in [0.3, 0.4) is 0 Å². The zero-order valence-electron chi connectivity index (χ0n) is 18.0. The predicted octanol–water partition coefficient (Wildman–Crippen LogP) is 3.40. The van der Waals surface area contributed by atoms with Crippen molar-refractivity contribution in [2.45, 2.75) is 26.5 Å². The first kappa shape index (κ1) is 23.0. The summed E-state index contributed by atoms with van der Waals surface area (Å²) in [5.74, 6) is -0.553. The molecular formula is C22H25FN6O3. The number of amides is 3. The van der Waals surface area contributed by atoms with Crippen molar-refractivity contribution in [3.05, 3.63) is 53.6 Å². The second-order valence-corrected chi connectivity index (χ2v) is 7.63. The lowest BCUT2D eigenvalue weighted by molar-refractivity contribution is 0.0559. The van der Waals surface area contributed by atoms with Crippen molar-refractivity contribution in [1.82, 2.24) is 14.8 Å². The van der Waals surface area contributed by atoms with Gasteiger partial charge in [-0.15, -0.1) is 0 Å². The van der Waals surface area contributed by atoms with E-state index in [0.29, 0.717) is 38.4 Å². The first-order valence-corrected chi connectivity index (χ1v) is 10.2. The molecule has 0 bridgehead atoms. The lowest BCUT2D eigenvalue weighted by Gasteiger charge is -2.34. The molecular weight excluding hydrogens is 415 g/mol. The van der Waals surface area contributed by atoms with E-state index in [2.05, 4.69) is 20.5 Å². The Balaban J connectivity index is 1.54. The second kappa shape index (κ2) is 10.5. The molecule has 1 fully saturated rings. The number of nitriles is 1. The number of ether oxygens (including phenoxy) is 1. The Morgan fingerprint density at radius 1 is 1.19 bits per heavy atom. The Morgan fingerprint density at radius 3 is 2.56 bits per heavy atom. The van der Waals surface area contributed by atoms with E-state index >= 15 is 0 Å². The van der Waals surface area contributed by atoms with Crippen molar-refractivity contribution in [2.75, 3.05) is 36.8 Å². The summed E-state index contributed by atoms with van der Waals surface area (Å²) in [5.41, 5.74) is 1.50. The first-order valence-electron chi connectivity index (χ1n) is 10.2. The van der Waals surface area contributed by atoms with Crippen LogP contribution in [0.2, 0.25) is 0 Å². The number of carbonyl (C=O) groups is 2. The molecule has 10 heteroatoms. The van der Waals surface area contributed by atoms with Crippen LogP contribution in [0.25, 0.3) is 0 Å². The molecule has 168 valence electrons. The Kier molecular flexibility index (Phi) is 7.57. The molecule has 3 rings (SSSR count). The quantitative estimate of drug-likeness (QED) is 0.737. The van der Waals surface area contributed by atoms with Crippen molar-refractivity contribution < 1.29 is 18.7 Å². The van der Waals surface area contributed by atoms with E-state index in [1.807, 2.05) is 19.9 Å². The Morgan fingerprint density at radius 2 is 1.94 bits per heavy atom. The standard InChI is InChI=1S/C22H25FN6O3/c1-15(2)32-22(31)29-9-7-28(8-10-29)14-16-3-6-19(23)20(11-16)27-21(30)26-18-5-4-17(12-24)25-13-18/h3-6,11,13,15H,7-10,14H2,1-2H3,(H2,26,27,30). The van der Waals surface area contributed by atoms with Crippen molar-refractivity contribution in [3.63, 3.8) is 0 Å². The first-order chi connectivity index (χ1) is 15.3. The van der Waals surface area contributed by atoms with Crippen LogP contribution >= 0.6 is 0 Å². The number of pyridine rings is 1. The maximum Gasteiger partial charge on any atom is 0.410 e. The fraction of sp³-hybridized carbons (Fsp3) is 0.364. The minimum atomic E-state index is -0.621. The monoisotopic (exact) mass is 440 g/mol. The normalized spacial score (nSPS) is 14.0. The number of carbonyl (C=O) groups excluding carboxylic acids is 2. The summed E-state index contributed by atoms with van der Waals surface area (Å²) in [7, 11) is 0. The molecule has 1 aromatic heterocycles. The average molecular weight is 440 g/mol. The van der Waals surface area contributed by atoms with E-state index in [-0.39, 0.29) is 23.6 Å². The fourth-order valence-electron chi connectivity index (χ4n) is 3.21. The summed E-state index contributed by atoms with van der Waals surface area (Å²) in [6, 6.07) is 8.85. The van der Waals surface area contributed by atoms with Crippen molar-refractivity contribution in [2.24, 2.45) is 0 Å². The summed E-state index contributed by atoms with van der Waals surface area (Å²) in [5, 5.41) is 13.8. The van der Waals surface area contributed by atoms with Gasteiger partial charge < -0.3 is 20.3 Å². The fourth-order valence-corrected chi connectivity index (χ4v) is 3.21. The zero-order chi connectivity index (χ0) is 23.1. The maximum absolute atomic E-state index is 14.2. The molecule has 3 amide bonds. The molecule has 0 aliphatic carbocycles. The molecule has 32 heavy (non-hydrogen) atoms. The lowest BCUT2D eigenvalue weighted by Crippen LogP contribution is -2.48.